The Morgan fingerprint density at radius 1 is 1.30 bits per heavy atom. The fourth-order valence-electron chi connectivity index (χ4n) is 2.88. The van der Waals surface area contributed by atoms with E-state index in [0.717, 1.165) is 10.5 Å². The van der Waals surface area contributed by atoms with Crippen molar-refractivity contribution in [1.29, 1.82) is 5.26 Å². The van der Waals surface area contributed by atoms with E-state index in [-0.39, 0.29) is 12.4 Å². The van der Waals surface area contributed by atoms with Gasteiger partial charge in [0.05, 0.1) is 11.6 Å². The summed E-state index contributed by atoms with van der Waals surface area (Å²) in [6.45, 7) is 1.51. The van der Waals surface area contributed by atoms with Crippen LogP contribution in [0.3, 0.4) is 0 Å². The molecule has 0 saturated carbocycles. The molecule has 4 rings (SSSR count). The van der Waals surface area contributed by atoms with E-state index in [1.807, 2.05) is 22.9 Å². The van der Waals surface area contributed by atoms with Gasteiger partial charge in [-0.1, -0.05) is 17.3 Å². The van der Waals surface area contributed by atoms with Gasteiger partial charge in [-0.2, -0.15) is 21.6 Å². The van der Waals surface area contributed by atoms with E-state index in [2.05, 4.69) is 15.5 Å². The first-order chi connectivity index (χ1) is 13.0. The van der Waals surface area contributed by atoms with Crippen LogP contribution in [-0.2, 0) is 16.9 Å². The number of rotatable bonds is 4. The van der Waals surface area contributed by atoms with Gasteiger partial charge in [0.1, 0.15) is 12.1 Å². The van der Waals surface area contributed by atoms with Crippen molar-refractivity contribution in [2.45, 2.75) is 19.0 Å². The average molecular weight is 379 g/mol. The van der Waals surface area contributed by atoms with Gasteiger partial charge >= 0.3 is 6.03 Å². The summed E-state index contributed by atoms with van der Waals surface area (Å²) in [5.74, 6) is 0.157. The van der Waals surface area contributed by atoms with Crippen molar-refractivity contribution >= 4 is 23.3 Å². The molecule has 2 aromatic heterocycles. The van der Waals surface area contributed by atoms with Gasteiger partial charge in [0.25, 0.3) is 5.91 Å². The summed E-state index contributed by atoms with van der Waals surface area (Å²) in [7, 11) is 0. The van der Waals surface area contributed by atoms with E-state index in [9.17, 15) is 9.59 Å². The molecule has 3 amide bonds. The quantitative estimate of drug-likeness (QED) is 0.698. The number of nitrogens with one attached hydrogen (secondary N) is 1. The fourth-order valence-corrected chi connectivity index (χ4v) is 3.51. The van der Waals surface area contributed by atoms with Crippen LogP contribution in [0.15, 0.2) is 45.6 Å². The molecule has 1 aromatic carbocycles. The number of amides is 3. The van der Waals surface area contributed by atoms with Crippen LogP contribution >= 0.6 is 11.3 Å². The Balaban J connectivity index is 1.57. The predicted molar refractivity (Wildman–Crippen MR) is 95.2 cm³/mol. The lowest BCUT2D eigenvalue weighted by atomic mass is 9.91. The molecule has 8 nitrogen and oxygen atoms in total. The molecule has 1 aliphatic heterocycles. The highest BCUT2D eigenvalue weighted by Gasteiger charge is 2.49. The number of carbonyl (C=O) groups excluding carboxylic acids is 2. The van der Waals surface area contributed by atoms with E-state index in [1.54, 1.807) is 31.2 Å². The second-order valence-electron chi connectivity index (χ2n) is 6.16. The third-order valence-corrected chi connectivity index (χ3v) is 5.09. The Labute approximate surface area is 158 Å². The molecule has 0 aliphatic carbocycles. The molecule has 1 atom stereocenters. The number of nitrogens with zero attached hydrogens (tertiary/aromatic N) is 4. The maximum absolute atomic E-state index is 12.9. The minimum Gasteiger partial charge on any atom is -0.337 e. The lowest BCUT2D eigenvalue weighted by Gasteiger charge is -2.21. The van der Waals surface area contributed by atoms with E-state index >= 15 is 0 Å². The zero-order chi connectivity index (χ0) is 19.0. The molecular weight excluding hydrogens is 366 g/mol. The smallest absolute Gasteiger partial charge is 0.325 e. The van der Waals surface area contributed by atoms with E-state index < -0.39 is 17.5 Å². The van der Waals surface area contributed by atoms with Gasteiger partial charge in [0.15, 0.2) is 0 Å². The van der Waals surface area contributed by atoms with Crippen LogP contribution in [0, 0.1) is 11.3 Å². The topological polar surface area (TPSA) is 112 Å². The Kier molecular flexibility index (Phi) is 3.97. The normalized spacial score (nSPS) is 19.2. The monoisotopic (exact) mass is 379 g/mol. The van der Waals surface area contributed by atoms with Gasteiger partial charge in [0, 0.05) is 10.9 Å². The summed E-state index contributed by atoms with van der Waals surface area (Å²) in [6.07, 6.45) is 0. The number of urea groups is 1. The molecule has 1 N–H and O–H groups in total. The van der Waals surface area contributed by atoms with Crippen LogP contribution < -0.4 is 5.32 Å². The van der Waals surface area contributed by atoms with Crippen molar-refractivity contribution in [3.63, 3.8) is 0 Å². The fraction of sp³-hybridized carbons (Fsp3) is 0.167. The first-order valence-corrected chi connectivity index (χ1v) is 8.95. The molecule has 3 aromatic rings. The summed E-state index contributed by atoms with van der Waals surface area (Å²) in [6, 6.07) is 9.86. The highest BCUT2D eigenvalue weighted by Crippen LogP contribution is 2.30. The Morgan fingerprint density at radius 2 is 2.07 bits per heavy atom. The highest BCUT2D eigenvalue weighted by molar-refractivity contribution is 7.08. The maximum Gasteiger partial charge on any atom is 0.325 e. The highest BCUT2D eigenvalue weighted by atomic mass is 32.1. The number of carbonyl (C=O) groups is 2. The minimum atomic E-state index is -1.22. The molecule has 27 heavy (non-hydrogen) atoms. The van der Waals surface area contributed by atoms with Crippen molar-refractivity contribution in [1.82, 2.24) is 20.4 Å². The molecule has 1 aliphatic rings. The molecule has 1 saturated heterocycles. The van der Waals surface area contributed by atoms with Crippen LogP contribution in [0.1, 0.15) is 23.9 Å². The third kappa shape index (κ3) is 2.86. The van der Waals surface area contributed by atoms with Crippen molar-refractivity contribution in [2.75, 3.05) is 0 Å². The van der Waals surface area contributed by atoms with Crippen LogP contribution in [0.25, 0.3) is 11.4 Å². The zero-order valence-corrected chi connectivity index (χ0v) is 15.0. The van der Waals surface area contributed by atoms with E-state index in [1.165, 1.54) is 11.3 Å². The Hall–Kier alpha value is -3.51. The molecular formula is C18H13N5O3S. The molecule has 9 heteroatoms. The number of nitriles is 1. The van der Waals surface area contributed by atoms with Gasteiger partial charge in [-0.25, -0.2) is 4.79 Å². The van der Waals surface area contributed by atoms with Crippen LogP contribution in [0.4, 0.5) is 4.79 Å². The van der Waals surface area contributed by atoms with Gasteiger partial charge in [-0.05, 0) is 36.1 Å². The lowest BCUT2D eigenvalue weighted by Crippen LogP contribution is -2.40. The zero-order valence-electron chi connectivity index (χ0n) is 14.2. The number of thiophene rings is 1. The summed E-state index contributed by atoms with van der Waals surface area (Å²) in [4.78, 5) is 30.6. The summed E-state index contributed by atoms with van der Waals surface area (Å²) < 4.78 is 5.18. The van der Waals surface area contributed by atoms with Crippen LogP contribution in [-0.4, -0.2) is 27.0 Å². The Morgan fingerprint density at radius 3 is 2.74 bits per heavy atom. The average Bonchev–Trinajstić information content (AvgIpc) is 3.40. The first-order valence-electron chi connectivity index (χ1n) is 8.01. The molecule has 1 fully saturated rings. The molecule has 3 heterocycles. The van der Waals surface area contributed by atoms with Gasteiger partial charge in [-0.15, -0.1) is 0 Å². The van der Waals surface area contributed by atoms with Crippen molar-refractivity contribution in [3.05, 3.63) is 58.1 Å². The van der Waals surface area contributed by atoms with Gasteiger partial charge < -0.3 is 9.84 Å². The SMILES string of the molecule is CC1(c2ccc(C#N)cc2)NC(=O)N(Cc2nc(-c3ccsc3)no2)C1=O. The number of imide groups is 1. The first kappa shape index (κ1) is 16.9. The van der Waals surface area contributed by atoms with Crippen LogP contribution in [0.5, 0.6) is 0 Å². The second-order valence-corrected chi connectivity index (χ2v) is 6.94. The number of hydrogen-bond acceptors (Lipinski definition) is 7. The molecule has 0 bridgehead atoms. The van der Waals surface area contributed by atoms with Crippen LogP contribution in [0.2, 0.25) is 0 Å². The van der Waals surface area contributed by atoms with Crippen molar-refractivity contribution < 1.29 is 14.1 Å². The molecule has 134 valence electrons. The lowest BCUT2D eigenvalue weighted by molar-refractivity contribution is -0.131. The molecule has 1 unspecified atom stereocenters. The second kappa shape index (κ2) is 6.34. The summed E-state index contributed by atoms with van der Waals surface area (Å²) in [5.41, 5.74) is 0.658. The number of aromatic nitrogens is 2. The summed E-state index contributed by atoms with van der Waals surface area (Å²) >= 11 is 1.51. The molecule has 0 spiro atoms. The minimum absolute atomic E-state index is 0.117. The standard InChI is InChI=1S/C18H13N5O3S/c1-18(13-4-2-11(8-19)3-5-13)16(24)23(17(25)21-18)9-14-20-15(22-26-14)12-6-7-27-10-12/h2-7,10H,9H2,1H3,(H,21,25). The third-order valence-electron chi connectivity index (χ3n) is 4.41. The summed E-state index contributed by atoms with van der Waals surface area (Å²) in [5, 5.41) is 19.3. The van der Waals surface area contributed by atoms with Crippen molar-refractivity contribution in [2.24, 2.45) is 0 Å². The van der Waals surface area contributed by atoms with Crippen molar-refractivity contribution in [3.8, 4) is 17.5 Å². The maximum atomic E-state index is 12.9. The molecule has 0 radical (unpaired) electrons. The largest absolute Gasteiger partial charge is 0.337 e. The number of benzene rings is 1. The van der Waals surface area contributed by atoms with E-state index in [4.69, 9.17) is 9.78 Å². The Bertz CT molecular complexity index is 1050. The number of hydrogen-bond donors (Lipinski definition) is 1. The van der Waals surface area contributed by atoms with Gasteiger partial charge in [0.2, 0.25) is 11.7 Å². The van der Waals surface area contributed by atoms with E-state index in [0.29, 0.717) is 17.0 Å². The predicted octanol–water partition coefficient (Wildman–Crippen LogP) is 2.64. The van der Waals surface area contributed by atoms with Gasteiger partial charge in [-0.3, -0.25) is 9.69 Å².